The van der Waals surface area contributed by atoms with Crippen LogP contribution in [-0.2, 0) is 6.54 Å². The predicted octanol–water partition coefficient (Wildman–Crippen LogP) is 4.75. The molecule has 5 rings (SSSR count). The highest BCUT2D eigenvalue weighted by Crippen LogP contribution is 2.40. The number of thiocarbonyl (C=S) groups is 1. The Labute approximate surface area is 187 Å². The van der Waals surface area contributed by atoms with Crippen LogP contribution in [0.4, 0.5) is 0 Å². The summed E-state index contributed by atoms with van der Waals surface area (Å²) in [7, 11) is 0. The van der Waals surface area contributed by atoms with E-state index in [1.807, 2.05) is 42.7 Å². The summed E-state index contributed by atoms with van der Waals surface area (Å²) in [5.41, 5.74) is 5.47. The molecular formula is C25H23N5S. The van der Waals surface area contributed by atoms with E-state index in [1.165, 1.54) is 5.56 Å². The van der Waals surface area contributed by atoms with Gasteiger partial charge in [-0.1, -0.05) is 29.8 Å². The van der Waals surface area contributed by atoms with Crippen molar-refractivity contribution in [1.82, 2.24) is 24.8 Å². The van der Waals surface area contributed by atoms with E-state index in [-0.39, 0.29) is 12.1 Å². The second-order valence-corrected chi connectivity index (χ2v) is 8.10. The minimum absolute atomic E-state index is 0.0271. The number of pyridine rings is 2. The van der Waals surface area contributed by atoms with Crippen molar-refractivity contribution >= 4 is 17.3 Å². The summed E-state index contributed by atoms with van der Waals surface area (Å²) >= 11 is 5.79. The van der Waals surface area contributed by atoms with E-state index < -0.39 is 0 Å². The number of hydrogen-bond acceptors (Lipinski definition) is 3. The topological polar surface area (TPSA) is 46.0 Å². The lowest BCUT2D eigenvalue weighted by Crippen LogP contribution is -2.30. The second-order valence-electron chi connectivity index (χ2n) is 7.71. The molecule has 0 amide bonds. The van der Waals surface area contributed by atoms with Gasteiger partial charge in [-0.2, -0.15) is 0 Å². The van der Waals surface area contributed by atoms with Gasteiger partial charge in [0.1, 0.15) is 0 Å². The normalized spacial score (nSPS) is 18.2. The van der Waals surface area contributed by atoms with Gasteiger partial charge in [0.05, 0.1) is 30.0 Å². The Balaban J connectivity index is 1.60. The van der Waals surface area contributed by atoms with Crippen molar-refractivity contribution in [3.63, 3.8) is 0 Å². The minimum atomic E-state index is -0.0588. The Morgan fingerprint density at radius 2 is 1.68 bits per heavy atom. The summed E-state index contributed by atoms with van der Waals surface area (Å²) in [4.78, 5) is 11.4. The summed E-state index contributed by atoms with van der Waals surface area (Å²) in [6.45, 7) is 2.73. The van der Waals surface area contributed by atoms with Crippen LogP contribution in [0.25, 0.3) is 5.69 Å². The monoisotopic (exact) mass is 425 g/mol. The van der Waals surface area contributed by atoms with Crippen LogP contribution >= 0.6 is 12.2 Å². The quantitative estimate of drug-likeness (QED) is 0.468. The third-order valence-corrected chi connectivity index (χ3v) is 6.00. The summed E-state index contributed by atoms with van der Waals surface area (Å²) in [6, 6.07) is 24.7. The van der Waals surface area contributed by atoms with E-state index in [1.54, 1.807) is 0 Å². The van der Waals surface area contributed by atoms with Crippen LogP contribution in [0.1, 0.15) is 34.7 Å². The second kappa shape index (κ2) is 8.32. The number of hydrogen-bond donors (Lipinski definition) is 1. The minimum Gasteiger partial charge on any atom is -0.352 e. The molecule has 2 atom stereocenters. The lowest BCUT2D eigenvalue weighted by atomic mass is 10.0. The highest BCUT2D eigenvalue weighted by atomic mass is 32.1. The summed E-state index contributed by atoms with van der Waals surface area (Å²) in [6.07, 6.45) is 5.76. The van der Waals surface area contributed by atoms with E-state index in [2.05, 4.69) is 80.3 Å². The third kappa shape index (κ3) is 3.82. The summed E-state index contributed by atoms with van der Waals surface area (Å²) < 4.78 is 2.24. The van der Waals surface area contributed by atoms with Crippen LogP contribution in [0.2, 0.25) is 0 Å². The summed E-state index contributed by atoms with van der Waals surface area (Å²) in [5, 5.41) is 4.23. The maximum absolute atomic E-state index is 5.79. The van der Waals surface area contributed by atoms with Gasteiger partial charge in [-0.05, 0) is 67.7 Å². The molecule has 4 aromatic rings. The average Bonchev–Trinajstić information content (AvgIpc) is 3.40. The lowest BCUT2D eigenvalue weighted by Gasteiger charge is -2.28. The van der Waals surface area contributed by atoms with Crippen molar-refractivity contribution in [3.05, 3.63) is 114 Å². The van der Waals surface area contributed by atoms with Gasteiger partial charge in [0.25, 0.3) is 0 Å². The molecule has 154 valence electrons. The molecule has 1 aliphatic rings. The van der Waals surface area contributed by atoms with E-state index in [4.69, 9.17) is 12.2 Å². The number of aryl methyl sites for hydroxylation is 1. The Kier molecular flexibility index (Phi) is 5.22. The molecule has 0 radical (unpaired) electrons. The molecule has 2 unspecified atom stereocenters. The first-order chi connectivity index (χ1) is 15.2. The Morgan fingerprint density at radius 3 is 2.39 bits per heavy atom. The highest BCUT2D eigenvalue weighted by molar-refractivity contribution is 7.80. The maximum Gasteiger partial charge on any atom is 0.170 e. The summed E-state index contributed by atoms with van der Waals surface area (Å²) in [5.74, 6) is 0. The average molecular weight is 426 g/mol. The SMILES string of the molecule is Cc1ccc(-n2cccc2C2C(c3ccccn3)NC(=S)N2Cc2ccccn2)cc1. The molecule has 31 heavy (non-hydrogen) atoms. The molecule has 1 fully saturated rings. The molecule has 0 saturated carbocycles. The van der Waals surface area contributed by atoms with E-state index in [0.717, 1.165) is 22.8 Å². The molecule has 3 aromatic heterocycles. The fraction of sp³-hybridized carbons (Fsp3) is 0.160. The molecule has 1 saturated heterocycles. The molecule has 1 aliphatic heterocycles. The lowest BCUT2D eigenvalue weighted by molar-refractivity contribution is 0.299. The van der Waals surface area contributed by atoms with Crippen LogP contribution in [0.15, 0.2) is 91.4 Å². The zero-order chi connectivity index (χ0) is 21.2. The first-order valence-corrected chi connectivity index (χ1v) is 10.7. The Bertz CT molecular complexity index is 1170. The van der Waals surface area contributed by atoms with Crippen molar-refractivity contribution in [2.24, 2.45) is 0 Å². The molecule has 6 heteroatoms. The van der Waals surface area contributed by atoms with E-state index in [9.17, 15) is 0 Å². The number of nitrogens with zero attached hydrogens (tertiary/aromatic N) is 4. The molecule has 0 aliphatic carbocycles. The fourth-order valence-corrected chi connectivity index (χ4v) is 4.44. The number of nitrogens with one attached hydrogen (secondary N) is 1. The Morgan fingerprint density at radius 1 is 0.903 bits per heavy atom. The van der Waals surface area contributed by atoms with Gasteiger partial charge < -0.3 is 14.8 Å². The van der Waals surface area contributed by atoms with Crippen molar-refractivity contribution in [2.45, 2.75) is 25.6 Å². The number of benzene rings is 1. The maximum atomic E-state index is 5.79. The van der Waals surface area contributed by atoms with Gasteiger partial charge in [-0.25, -0.2) is 0 Å². The smallest absolute Gasteiger partial charge is 0.170 e. The van der Waals surface area contributed by atoms with Crippen LogP contribution < -0.4 is 5.32 Å². The highest BCUT2D eigenvalue weighted by Gasteiger charge is 2.41. The van der Waals surface area contributed by atoms with Gasteiger partial charge in [0.15, 0.2) is 5.11 Å². The van der Waals surface area contributed by atoms with Gasteiger partial charge in [0.2, 0.25) is 0 Å². The fourth-order valence-electron chi connectivity index (χ4n) is 4.14. The standard InChI is InChI=1S/C25H23N5S/c1-18-10-12-20(13-11-18)29-16-6-9-22(29)24-23(21-8-3-5-15-27-21)28-25(31)30(24)17-19-7-2-4-14-26-19/h2-16,23-24H,17H2,1H3,(H,28,31). The molecule has 1 N–H and O–H groups in total. The molecule has 0 spiro atoms. The van der Waals surface area contributed by atoms with Crippen LogP contribution in [-0.4, -0.2) is 24.5 Å². The third-order valence-electron chi connectivity index (χ3n) is 5.65. The van der Waals surface area contributed by atoms with Crippen molar-refractivity contribution < 1.29 is 0 Å². The molecule has 0 bridgehead atoms. The van der Waals surface area contributed by atoms with Crippen LogP contribution in [0.3, 0.4) is 0 Å². The first-order valence-electron chi connectivity index (χ1n) is 10.3. The zero-order valence-electron chi connectivity index (χ0n) is 17.2. The van der Waals surface area contributed by atoms with Gasteiger partial charge >= 0.3 is 0 Å². The van der Waals surface area contributed by atoms with E-state index in [0.29, 0.717) is 11.7 Å². The number of rotatable bonds is 5. The first kappa shape index (κ1) is 19.5. The van der Waals surface area contributed by atoms with Crippen molar-refractivity contribution in [2.75, 3.05) is 0 Å². The number of aromatic nitrogens is 3. The Hall–Kier alpha value is -3.51. The van der Waals surface area contributed by atoms with Gasteiger partial charge in [-0.3, -0.25) is 9.97 Å². The van der Waals surface area contributed by atoms with Crippen molar-refractivity contribution in [3.8, 4) is 5.69 Å². The predicted molar refractivity (Wildman–Crippen MR) is 126 cm³/mol. The largest absolute Gasteiger partial charge is 0.352 e. The van der Waals surface area contributed by atoms with Crippen LogP contribution in [0, 0.1) is 6.92 Å². The van der Waals surface area contributed by atoms with E-state index >= 15 is 0 Å². The van der Waals surface area contributed by atoms with Gasteiger partial charge in [-0.15, -0.1) is 0 Å². The molecule has 4 heterocycles. The van der Waals surface area contributed by atoms with Gasteiger partial charge in [0, 0.05) is 30.0 Å². The molecular weight excluding hydrogens is 402 g/mol. The molecule has 5 nitrogen and oxygen atoms in total. The van der Waals surface area contributed by atoms with Crippen molar-refractivity contribution in [1.29, 1.82) is 0 Å². The van der Waals surface area contributed by atoms with Crippen LogP contribution in [0.5, 0.6) is 0 Å². The molecule has 1 aromatic carbocycles. The zero-order valence-corrected chi connectivity index (χ0v) is 18.0.